The van der Waals surface area contributed by atoms with E-state index in [-0.39, 0.29) is 17.8 Å². The van der Waals surface area contributed by atoms with Crippen molar-refractivity contribution in [1.29, 1.82) is 0 Å². The Labute approximate surface area is 109 Å². The minimum atomic E-state index is -4.45. The average molecular weight is 275 g/mol. The topological polar surface area (TPSA) is 68.0 Å². The first-order chi connectivity index (χ1) is 8.70. The highest BCUT2D eigenvalue weighted by Crippen LogP contribution is 2.28. The van der Waals surface area contributed by atoms with Crippen LogP contribution >= 0.6 is 0 Å². The zero-order chi connectivity index (χ0) is 14.6. The summed E-state index contributed by atoms with van der Waals surface area (Å²) in [6, 6.07) is 1.64. The molecule has 4 nitrogen and oxygen atoms in total. The van der Waals surface area contributed by atoms with Gasteiger partial charge in [-0.15, -0.1) is 0 Å². The molecule has 7 heteroatoms. The van der Waals surface area contributed by atoms with Gasteiger partial charge in [0.15, 0.2) is 0 Å². The summed E-state index contributed by atoms with van der Waals surface area (Å²) in [6.45, 7) is 3.57. The fraction of sp³-hybridized carbons (Fsp3) is 0.500. The van der Waals surface area contributed by atoms with Crippen LogP contribution in [0.25, 0.3) is 0 Å². The SMILES string of the molecule is CC(N)CC(C)NC(=O)c1ccc(C(F)(F)F)cn1. The molecule has 0 spiro atoms. The van der Waals surface area contributed by atoms with Crippen LogP contribution in [0.2, 0.25) is 0 Å². The summed E-state index contributed by atoms with van der Waals surface area (Å²) in [7, 11) is 0. The Bertz CT molecular complexity index is 429. The fourth-order valence-electron chi connectivity index (χ4n) is 1.61. The number of alkyl halides is 3. The first-order valence-corrected chi connectivity index (χ1v) is 5.80. The molecule has 2 unspecified atom stereocenters. The van der Waals surface area contributed by atoms with Crippen LogP contribution in [-0.2, 0) is 6.18 Å². The lowest BCUT2D eigenvalue weighted by Crippen LogP contribution is -2.36. The number of hydrogen-bond acceptors (Lipinski definition) is 3. The molecule has 1 rings (SSSR count). The maximum atomic E-state index is 12.3. The molecular formula is C12H16F3N3O. The van der Waals surface area contributed by atoms with E-state index in [9.17, 15) is 18.0 Å². The highest BCUT2D eigenvalue weighted by molar-refractivity contribution is 5.92. The third-order valence-corrected chi connectivity index (χ3v) is 2.43. The van der Waals surface area contributed by atoms with Crippen LogP contribution in [0.5, 0.6) is 0 Å². The summed E-state index contributed by atoms with van der Waals surface area (Å²) in [4.78, 5) is 15.2. The summed E-state index contributed by atoms with van der Waals surface area (Å²) >= 11 is 0. The van der Waals surface area contributed by atoms with Gasteiger partial charge in [-0.1, -0.05) is 0 Å². The van der Waals surface area contributed by atoms with E-state index in [0.717, 1.165) is 12.1 Å². The van der Waals surface area contributed by atoms with Gasteiger partial charge in [0.2, 0.25) is 0 Å². The van der Waals surface area contributed by atoms with Crippen LogP contribution in [-0.4, -0.2) is 23.0 Å². The molecule has 0 saturated carbocycles. The standard InChI is InChI=1S/C12H16F3N3O/c1-7(16)5-8(2)18-11(19)10-4-3-9(6-17-10)12(13,14)15/h3-4,6-8H,5,16H2,1-2H3,(H,18,19). The molecule has 0 fully saturated rings. The van der Waals surface area contributed by atoms with Gasteiger partial charge < -0.3 is 11.1 Å². The smallest absolute Gasteiger partial charge is 0.348 e. The van der Waals surface area contributed by atoms with Gasteiger partial charge >= 0.3 is 6.18 Å². The van der Waals surface area contributed by atoms with Crippen LogP contribution < -0.4 is 11.1 Å². The first-order valence-electron chi connectivity index (χ1n) is 5.80. The summed E-state index contributed by atoms with van der Waals surface area (Å²) in [5.41, 5.74) is 4.65. The predicted molar refractivity (Wildman–Crippen MR) is 64.4 cm³/mol. The van der Waals surface area contributed by atoms with Gasteiger partial charge in [0.05, 0.1) is 5.56 Å². The monoisotopic (exact) mass is 275 g/mol. The van der Waals surface area contributed by atoms with E-state index in [1.54, 1.807) is 13.8 Å². The highest BCUT2D eigenvalue weighted by atomic mass is 19.4. The lowest BCUT2D eigenvalue weighted by Gasteiger charge is -2.15. The molecule has 0 saturated heterocycles. The van der Waals surface area contributed by atoms with Crippen LogP contribution in [0, 0.1) is 0 Å². The van der Waals surface area contributed by atoms with Gasteiger partial charge in [0.25, 0.3) is 5.91 Å². The molecule has 0 aliphatic rings. The van der Waals surface area contributed by atoms with E-state index < -0.39 is 17.6 Å². The Kier molecular flexibility index (Phi) is 4.88. The average Bonchev–Trinajstić information content (AvgIpc) is 2.26. The molecule has 0 aliphatic heterocycles. The summed E-state index contributed by atoms with van der Waals surface area (Å²) in [6.07, 6.45) is -3.23. The third kappa shape index (κ3) is 4.86. The molecule has 3 N–H and O–H groups in total. The Morgan fingerprint density at radius 1 is 1.42 bits per heavy atom. The van der Waals surface area contributed by atoms with E-state index in [0.29, 0.717) is 12.6 Å². The van der Waals surface area contributed by atoms with Crippen LogP contribution in [0.15, 0.2) is 18.3 Å². The highest BCUT2D eigenvalue weighted by Gasteiger charge is 2.30. The summed E-state index contributed by atoms with van der Waals surface area (Å²) in [5.74, 6) is -0.512. The van der Waals surface area contributed by atoms with Crippen LogP contribution in [0.3, 0.4) is 0 Å². The molecule has 1 aromatic rings. The van der Waals surface area contributed by atoms with E-state index in [1.807, 2.05) is 0 Å². The molecule has 1 amide bonds. The van der Waals surface area contributed by atoms with Gasteiger partial charge in [0.1, 0.15) is 5.69 Å². The maximum absolute atomic E-state index is 12.3. The molecule has 0 aromatic carbocycles. The number of amides is 1. The van der Waals surface area contributed by atoms with Gasteiger partial charge in [-0.3, -0.25) is 9.78 Å². The first kappa shape index (κ1) is 15.4. The van der Waals surface area contributed by atoms with Crippen LogP contribution in [0.1, 0.15) is 36.3 Å². The van der Waals surface area contributed by atoms with Gasteiger partial charge in [-0.25, -0.2) is 0 Å². The minimum absolute atomic E-state index is 0.0514. The van der Waals surface area contributed by atoms with Crippen molar-refractivity contribution >= 4 is 5.91 Å². The number of carbonyl (C=O) groups is 1. The maximum Gasteiger partial charge on any atom is 0.417 e. The number of pyridine rings is 1. The summed E-state index contributed by atoms with van der Waals surface area (Å²) in [5, 5.41) is 2.62. The van der Waals surface area contributed by atoms with Crippen molar-refractivity contribution in [3.8, 4) is 0 Å². The van der Waals surface area contributed by atoms with Crippen molar-refractivity contribution in [2.45, 2.75) is 38.5 Å². The molecule has 0 bridgehead atoms. The Balaban J connectivity index is 2.68. The molecule has 19 heavy (non-hydrogen) atoms. The lowest BCUT2D eigenvalue weighted by atomic mass is 10.1. The number of rotatable bonds is 4. The number of nitrogens with one attached hydrogen (secondary N) is 1. The van der Waals surface area contributed by atoms with Crippen LogP contribution in [0.4, 0.5) is 13.2 Å². The molecule has 1 aromatic heterocycles. The number of aromatic nitrogens is 1. The molecule has 0 aliphatic carbocycles. The zero-order valence-corrected chi connectivity index (χ0v) is 10.7. The van der Waals surface area contributed by atoms with Crippen molar-refractivity contribution in [2.24, 2.45) is 5.73 Å². The Morgan fingerprint density at radius 3 is 2.47 bits per heavy atom. The number of halogens is 3. The van der Waals surface area contributed by atoms with Gasteiger partial charge in [-0.2, -0.15) is 13.2 Å². The van der Waals surface area contributed by atoms with Gasteiger partial charge in [0, 0.05) is 18.3 Å². The molecular weight excluding hydrogens is 259 g/mol. The van der Waals surface area contributed by atoms with E-state index in [2.05, 4.69) is 10.3 Å². The zero-order valence-electron chi connectivity index (χ0n) is 10.7. The van der Waals surface area contributed by atoms with E-state index in [4.69, 9.17) is 5.73 Å². The van der Waals surface area contributed by atoms with Crippen molar-refractivity contribution in [1.82, 2.24) is 10.3 Å². The number of nitrogens with zero attached hydrogens (tertiary/aromatic N) is 1. The Morgan fingerprint density at radius 2 is 2.05 bits per heavy atom. The molecule has 106 valence electrons. The summed E-state index contributed by atoms with van der Waals surface area (Å²) < 4.78 is 37.0. The van der Waals surface area contributed by atoms with Crippen molar-refractivity contribution in [2.75, 3.05) is 0 Å². The second-order valence-corrected chi connectivity index (χ2v) is 4.52. The quantitative estimate of drug-likeness (QED) is 0.882. The van der Waals surface area contributed by atoms with Crippen molar-refractivity contribution in [3.05, 3.63) is 29.6 Å². The predicted octanol–water partition coefficient (Wildman–Crippen LogP) is 1.96. The number of hydrogen-bond donors (Lipinski definition) is 2. The van der Waals surface area contributed by atoms with Crippen molar-refractivity contribution in [3.63, 3.8) is 0 Å². The Hall–Kier alpha value is -1.63. The minimum Gasteiger partial charge on any atom is -0.348 e. The fourth-order valence-corrected chi connectivity index (χ4v) is 1.61. The van der Waals surface area contributed by atoms with Gasteiger partial charge in [-0.05, 0) is 32.4 Å². The van der Waals surface area contributed by atoms with E-state index >= 15 is 0 Å². The molecule has 0 radical (unpaired) electrons. The normalized spacial score (nSPS) is 14.8. The largest absolute Gasteiger partial charge is 0.417 e. The second-order valence-electron chi connectivity index (χ2n) is 4.52. The third-order valence-electron chi connectivity index (χ3n) is 2.43. The number of carbonyl (C=O) groups excluding carboxylic acids is 1. The second kappa shape index (κ2) is 6.01. The molecule has 1 heterocycles. The molecule has 2 atom stereocenters. The number of nitrogens with two attached hydrogens (primary N) is 1. The van der Waals surface area contributed by atoms with E-state index in [1.165, 1.54) is 0 Å². The lowest BCUT2D eigenvalue weighted by molar-refractivity contribution is -0.137. The van der Waals surface area contributed by atoms with Crippen molar-refractivity contribution < 1.29 is 18.0 Å².